The van der Waals surface area contributed by atoms with Crippen molar-refractivity contribution in [1.82, 2.24) is 30.5 Å². The second-order valence-electron chi connectivity index (χ2n) is 9.07. The molecule has 12 heteroatoms. The number of likely N-dealkylation sites (tertiary alicyclic amines) is 1. The summed E-state index contributed by atoms with van der Waals surface area (Å²) in [6.07, 6.45) is 7.19. The fourth-order valence-corrected chi connectivity index (χ4v) is 4.34. The highest BCUT2D eigenvalue weighted by atomic mass is 35.5. The monoisotopic (exact) mass is 582 g/mol. The molecule has 0 bridgehead atoms. The third-order valence-electron chi connectivity index (χ3n) is 6.17. The molecule has 1 aliphatic rings. The molecular formula is C28H28Cl2N6O4. The summed E-state index contributed by atoms with van der Waals surface area (Å²) >= 11 is 11.8. The van der Waals surface area contributed by atoms with Crippen molar-refractivity contribution in [1.29, 1.82) is 0 Å². The Labute approximate surface area is 241 Å². The van der Waals surface area contributed by atoms with Crippen molar-refractivity contribution >= 4 is 47.0 Å². The van der Waals surface area contributed by atoms with Crippen molar-refractivity contribution in [3.05, 3.63) is 88.6 Å². The minimum Gasteiger partial charge on any atom is -0.474 e. The Morgan fingerprint density at radius 2 is 1.82 bits per heavy atom. The Morgan fingerprint density at radius 1 is 1.05 bits per heavy atom. The van der Waals surface area contributed by atoms with E-state index >= 15 is 0 Å². The van der Waals surface area contributed by atoms with Gasteiger partial charge < -0.3 is 20.3 Å². The zero-order valence-electron chi connectivity index (χ0n) is 21.5. The van der Waals surface area contributed by atoms with Gasteiger partial charge in [0.15, 0.2) is 0 Å². The number of hydrogen-bond acceptors (Lipinski definition) is 7. The van der Waals surface area contributed by atoms with Gasteiger partial charge in [0.2, 0.25) is 23.6 Å². The first kappa shape index (κ1) is 29.0. The van der Waals surface area contributed by atoms with E-state index in [4.69, 9.17) is 27.9 Å². The van der Waals surface area contributed by atoms with E-state index in [9.17, 15) is 14.4 Å². The van der Waals surface area contributed by atoms with Gasteiger partial charge in [-0.15, -0.1) is 0 Å². The minimum absolute atomic E-state index is 0.108. The van der Waals surface area contributed by atoms with Gasteiger partial charge in [-0.3, -0.25) is 19.4 Å². The molecule has 3 amide bonds. The maximum Gasteiger partial charge on any atom is 0.244 e. The van der Waals surface area contributed by atoms with Gasteiger partial charge in [-0.25, -0.2) is 9.97 Å². The van der Waals surface area contributed by atoms with Crippen molar-refractivity contribution in [2.75, 3.05) is 19.6 Å². The van der Waals surface area contributed by atoms with Crippen LogP contribution in [0.2, 0.25) is 10.2 Å². The predicted molar refractivity (Wildman–Crippen MR) is 151 cm³/mol. The third kappa shape index (κ3) is 9.03. The van der Waals surface area contributed by atoms with E-state index < -0.39 is 17.9 Å². The summed E-state index contributed by atoms with van der Waals surface area (Å²) in [4.78, 5) is 52.3. The highest BCUT2D eigenvalue weighted by Crippen LogP contribution is 2.19. The number of ether oxygens (including phenoxy) is 1. The Balaban J connectivity index is 1.29. The van der Waals surface area contributed by atoms with Crippen LogP contribution in [0.3, 0.4) is 0 Å². The van der Waals surface area contributed by atoms with E-state index in [1.54, 1.807) is 65.7 Å². The fraction of sp³-hybridized carbons (Fsp3) is 0.286. The van der Waals surface area contributed by atoms with Gasteiger partial charge in [0.05, 0.1) is 6.54 Å². The molecule has 3 heterocycles. The summed E-state index contributed by atoms with van der Waals surface area (Å²) in [7, 11) is 0. The summed E-state index contributed by atoms with van der Waals surface area (Å²) in [6, 6.07) is 12.9. The highest BCUT2D eigenvalue weighted by molar-refractivity contribution is 6.30. The first-order valence-corrected chi connectivity index (χ1v) is 13.4. The molecule has 1 fully saturated rings. The molecule has 4 rings (SSSR count). The smallest absolute Gasteiger partial charge is 0.244 e. The molecule has 40 heavy (non-hydrogen) atoms. The molecule has 0 spiro atoms. The van der Waals surface area contributed by atoms with Gasteiger partial charge in [0, 0.05) is 61.4 Å². The lowest BCUT2D eigenvalue weighted by atomic mass is 10.1. The Bertz CT molecular complexity index is 1330. The SMILES string of the molecule is O=C(/C=C/c1ccc(Cl)cc1)N[C@@H](Cc1ccccn1)C(=O)NCC(=O)N1CCC(Oc2cc(Cl)ncn2)CC1. The molecule has 0 radical (unpaired) electrons. The summed E-state index contributed by atoms with van der Waals surface area (Å²) in [5.74, 6) is -0.765. The van der Waals surface area contributed by atoms with Gasteiger partial charge in [0.1, 0.15) is 23.6 Å². The van der Waals surface area contributed by atoms with Crippen molar-refractivity contribution in [2.45, 2.75) is 31.4 Å². The van der Waals surface area contributed by atoms with Crippen LogP contribution in [0.25, 0.3) is 6.08 Å². The number of nitrogens with zero attached hydrogens (tertiary/aromatic N) is 4. The van der Waals surface area contributed by atoms with Gasteiger partial charge in [-0.05, 0) is 35.9 Å². The molecule has 1 aromatic carbocycles. The number of piperidine rings is 1. The molecule has 208 valence electrons. The van der Waals surface area contributed by atoms with Crippen LogP contribution in [0.4, 0.5) is 0 Å². The van der Waals surface area contributed by atoms with Crippen molar-refractivity contribution in [3.8, 4) is 5.88 Å². The van der Waals surface area contributed by atoms with Crippen LogP contribution in [-0.2, 0) is 20.8 Å². The maximum atomic E-state index is 13.1. The van der Waals surface area contributed by atoms with E-state index in [0.29, 0.717) is 47.7 Å². The molecule has 0 unspecified atom stereocenters. The van der Waals surface area contributed by atoms with Gasteiger partial charge in [0.25, 0.3) is 0 Å². The predicted octanol–water partition coefficient (Wildman–Crippen LogP) is 3.11. The van der Waals surface area contributed by atoms with Crippen molar-refractivity contribution in [2.24, 2.45) is 0 Å². The lowest BCUT2D eigenvalue weighted by Crippen LogP contribution is -2.51. The second-order valence-corrected chi connectivity index (χ2v) is 9.89. The van der Waals surface area contributed by atoms with E-state index in [-0.39, 0.29) is 25.0 Å². The molecule has 0 saturated carbocycles. The first-order valence-electron chi connectivity index (χ1n) is 12.7. The van der Waals surface area contributed by atoms with E-state index in [1.165, 1.54) is 12.4 Å². The van der Waals surface area contributed by atoms with Gasteiger partial charge in [-0.1, -0.05) is 41.4 Å². The normalized spacial score (nSPS) is 14.5. The van der Waals surface area contributed by atoms with Gasteiger partial charge >= 0.3 is 0 Å². The topological polar surface area (TPSA) is 126 Å². The molecule has 1 atom stereocenters. The van der Waals surface area contributed by atoms with Crippen molar-refractivity contribution in [3.63, 3.8) is 0 Å². The summed E-state index contributed by atoms with van der Waals surface area (Å²) < 4.78 is 5.84. The number of benzene rings is 1. The van der Waals surface area contributed by atoms with Crippen LogP contribution >= 0.6 is 23.2 Å². The van der Waals surface area contributed by atoms with Crippen LogP contribution in [0.5, 0.6) is 5.88 Å². The van der Waals surface area contributed by atoms with Crippen molar-refractivity contribution < 1.29 is 19.1 Å². The Hall–Kier alpha value is -4.02. The van der Waals surface area contributed by atoms with Crippen LogP contribution in [0.15, 0.2) is 67.1 Å². The maximum absolute atomic E-state index is 13.1. The Kier molecular flexibility index (Phi) is 10.4. The zero-order chi connectivity index (χ0) is 28.3. The largest absolute Gasteiger partial charge is 0.474 e. The summed E-state index contributed by atoms with van der Waals surface area (Å²) in [5, 5.41) is 6.27. The summed E-state index contributed by atoms with van der Waals surface area (Å²) in [5.41, 5.74) is 1.41. The molecule has 10 nitrogen and oxygen atoms in total. The number of pyridine rings is 1. The van der Waals surface area contributed by atoms with E-state index in [2.05, 4.69) is 25.6 Å². The second kappa shape index (κ2) is 14.4. The van der Waals surface area contributed by atoms with Crippen LogP contribution < -0.4 is 15.4 Å². The number of rotatable bonds is 10. The third-order valence-corrected chi connectivity index (χ3v) is 6.63. The molecule has 2 N–H and O–H groups in total. The standard InChI is InChI=1S/C28H28Cl2N6O4/c29-20-7-4-19(5-8-20)6-9-25(37)35-23(15-21-3-1-2-12-31-21)28(39)32-17-27(38)36-13-10-22(11-14-36)40-26-16-24(30)33-18-34-26/h1-9,12,16,18,22-23H,10-11,13-15,17H2,(H,32,39)(H,35,37)/b9-6+/t23-/m0/s1. The number of carbonyl (C=O) groups excluding carboxylic acids is 3. The molecule has 1 aliphatic heterocycles. The summed E-state index contributed by atoms with van der Waals surface area (Å²) in [6.45, 7) is 0.755. The van der Waals surface area contributed by atoms with E-state index in [1.807, 2.05) is 0 Å². The average Bonchev–Trinajstić information content (AvgIpc) is 2.96. The lowest BCUT2D eigenvalue weighted by Gasteiger charge is -2.32. The number of aromatic nitrogens is 3. The molecule has 3 aromatic rings. The number of halogens is 2. The fourth-order valence-electron chi connectivity index (χ4n) is 4.08. The molecule has 0 aliphatic carbocycles. The zero-order valence-corrected chi connectivity index (χ0v) is 23.0. The highest BCUT2D eigenvalue weighted by Gasteiger charge is 2.26. The quantitative estimate of drug-likeness (QED) is 0.278. The number of nitrogens with one attached hydrogen (secondary N) is 2. The number of amides is 3. The van der Waals surface area contributed by atoms with Crippen LogP contribution in [0, 0.1) is 0 Å². The number of carbonyl (C=O) groups is 3. The minimum atomic E-state index is -0.927. The molecular weight excluding hydrogens is 555 g/mol. The lowest BCUT2D eigenvalue weighted by molar-refractivity contribution is -0.135. The molecule has 2 aromatic heterocycles. The van der Waals surface area contributed by atoms with Crippen LogP contribution in [0.1, 0.15) is 24.1 Å². The van der Waals surface area contributed by atoms with Gasteiger partial charge in [-0.2, -0.15) is 0 Å². The average molecular weight is 583 g/mol. The first-order chi connectivity index (χ1) is 19.4. The Morgan fingerprint density at radius 3 is 2.52 bits per heavy atom. The number of hydrogen-bond donors (Lipinski definition) is 2. The van der Waals surface area contributed by atoms with Crippen LogP contribution in [-0.4, -0.2) is 69.4 Å². The van der Waals surface area contributed by atoms with E-state index in [0.717, 1.165) is 5.56 Å². The molecule has 1 saturated heterocycles.